The minimum Gasteiger partial charge on any atom is -0.348 e. The topological polar surface area (TPSA) is 102 Å². The lowest BCUT2D eigenvalue weighted by molar-refractivity contribution is -0.384. The number of nitro benzene ring substituents is 1. The molecule has 9 heteroatoms. The van der Waals surface area contributed by atoms with Crippen LogP contribution in [0.2, 0.25) is 0 Å². The second kappa shape index (κ2) is 7.89. The lowest BCUT2D eigenvalue weighted by Crippen LogP contribution is -2.42. The van der Waals surface area contributed by atoms with Crippen LogP contribution in [0.5, 0.6) is 0 Å². The fourth-order valence-corrected chi connectivity index (χ4v) is 2.62. The highest BCUT2D eigenvalue weighted by atomic mass is 35.5. The lowest BCUT2D eigenvalue weighted by Gasteiger charge is -2.23. The Kier molecular flexibility index (Phi) is 5.88. The first kappa shape index (κ1) is 17.9. The summed E-state index contributed by atoms with van der Waals surface area (Å²) in [6.45, 7) is 1.77. The Labute approximate surface area is 144 Å². The molecule has 1 aliphatic rings. The number of nitro groups is 1. The number of halogens is 1. The predicted molar refractivity (Wildman–Crippen MR) is 90.8 cm³/mol. The first-order chi connectivity index (χ1) is 11.1. The van der Waals surface area contributed by atoms with E-state index in [1.807, 2.05) is 0 Å². The Bertz CT molecular complexity index is 727. The molecule has 0 radical (unpaired) electrons. The number of nitrogens with one attached hydrogen (secondary N) is 2. The van der Waals surface area contributed by atoms with Crippen molar-refractivity contribution in [3.8, 4) is 5.69 Å². The summed E-state index contributed by atoms with van der Waals surface area (Å²) in [5, 5.41) is 21.4. The van der Waals surface area contributed by atoms with E-state index in [9.17, 15) is 14.9 Å². The minimum absolute atomic E-state index is 0. The molecule has 2 aromatic rings. The van der Waals surface area contributed by atoms with Crippen molar-refractivity contribution >= 4 is 24.0 Å². The third-order valence-electron chi connectivity index (χ3n) is 3.82. The number of piperidine rings is 1. The maximum atomic E-state index is 12.2. The number of aromatic nitrogens is 2. The summed E-state index contributed by atoms with van der Waals surface area (Å²) in [6.07, 6.45) is 3.33. The van der Waals surface area contributed by atoms with E-state index in [1.165, 1.54) is 10.7 Å². The molecule has 24 heavy (non-hydrogen) atoms. The number of carbonyl (C=O) groups is 1. The number of carbonyl (C=O) groups excluding carboxylic acids is 1. The van der Waals surface area contributed by atoms with Gasteiger partial charge in [-0.1, -0.05) is 12.1 Å². The van der Waals surface area contributed by atoms with E-state index in [0.29, 0.717) is 5.69 Å². The number of rotatable bonds is 4. The molecule has 128 valence electrons. The normalized spacial score (nSPS) is 14.7. The zero-order chi connectivity index (χ0) is 16.2. The predicted octanol–water partition coefficient (Wildman–Crippen LogP) is 1.68. The Morgan fingerprint density at radius 3 is 2.71 bits per heavy atom. The first-order valence-corrected chi connectivity index (χ1v) is 7.46. The number of nitrogens with zero attached hydrogens (tertiary/aromatic N) is 3. The fourth-order valence-electron chi connectivity index (χ4n) is 2.62. The summed E-state index contributed by atoms with van der Waals surface area (Å²) in [6, 6.07) is 7.99. The molecule has 0 atom stereocenters. The maximum absolute atomic E-state index is 12.2. The maximum Gasteiger partial charge on any atom is 0.294 e. The fraction of sp³-hybridized carbons (Fsp3) is 0.333. The number of amides is 1. The van der Waals surface area contributed by atoms with Crippen LogP contribution in [0.1, 0.15) is 23.3 Å². The van der Waals surface area contributed by atoms with Gasteiger partial charge in [-0.15, -0.1) is 12.4 Å². The highest BCUT2D eigenvalue weighted by Gasteiger charge is 2.20. The molecule has 3 rings (SSSR count). The molecule has 2 N–H and O–H groups in total. The third-order valence-corrected chi connectivity index (χ3v) is 3.82. The molecule has 1 fully saturated rings. The van der Waals surface area contributed by atoms with Crippen LogP contribution in [0, 0.1) is 10.1 Å². The van der Waals surface area contributed by atoms with Crippen LogP contribution in [0.4, 0.5) is 5.69 Å². The Balaban J connectivity index is 0.00000208. The molecule has 1 aromatic heterocycles. The van der Waals surface area contributed by atoms with Crippen LogP contribution in [-0.2, 0) is 0 Å². The van der Waals surface area contributed by atoms with Crippen LogP contribution in [-0.4, -0.2) is 39.7 Å². The molecule has 0 bridgehead atoms. The Morgan fingerprint density at radius 1 is 1.29 bits per heavy atom. The van der Waals surface area contributed by atoms with Gasteiger partial charge in [0.15, 0.2) is 5.69 Å². The molecule has 0 unspecified atom stereocenters. The molecule has 1 amide bonds. The van der Waals surface area contributed by atoms with Crippen molar-refractivity contribution in [2.45, 2.75) is 18.9 Å². The van der Waals surface area contributed by atoms with Gasteiger partial charge in [0, 0.05) is 18.3 Å². The SMILES string of the molecule is Cl.O=C(NC1CCNCC1)c1ccn(-c2ccccc2[N+](=O)[O-])n1. The van der Waals surface area contributed by atoms with Crippen molar-refractivity contribution in [2.75, 3.05) is 13.1 Å². The molecule has 1 saturated heterocycles. The molecular weight excluding hydrogens is 334 g/mol. The lowest BCUT2D eigenvalue weighted by atomic mass is 10.1. The van der Waals surface area contributed by atoms with Gasteiger partial charge in [0.25, 0.3) is 11.6 Å². The zero-order valence-corrected chi connectivity index (χ0v) is 13.7. The Hall–Kier alpha value is -2.45. The number of hydrogen-bond acceptors (Lipinski definition) is 5. The standard InChI is InChI=1S/C15H17N5O3.ClH/c21-15(17-11-5-8-16-9-6-11)12-7-10-19(18-12)13-3-1-2-4-14(13)20(22)23;/h1-4,7,10-11,16H,5-6,8-9H2,(H,17,21);1H. The van der Waals surface area contributed by atoms with E-state index < -0.39 is 4.92 Å². The quantitative estimate of drug-likeness (QED) is 0.644. The summed E-state index contributed by atoms with van der Waals surface area (Å²) in [7, 11) is 0. The van der Waals surface area contributed by atoms with E-state index in [2.05, 4.69) is 15.7 Å². The Morgan fingerprint density at radius 2 is 2.00 bits per heavy atom. The molecule has 8 nitrogen and oxygen atoms in total. The number of hydrogen-bond donors (Lipinski definition) is 2. The average Bonchev–Trinajstić information content (AvgIpc) is 3.06. The van der Waals surface area contributed by atoms with Gasteiger partial charge < -0.3 is 10.6 Å². The van der Waals surface area contributed by atoms with Gasteiger partial charge in [-0.05, 0) is 38.1 Å². The summed E-state index contributed by atoms with van der Waals surface area (Å²) in [5.74, 6) is -0.255. The third kappa shape index (κ3) is 3.90. The van der Waals surface area contributed by atoms with Crippen LogP contribution >= 0.6 is 12.4 Å². The molecule has 0 saturated carbocycles. The summed E-state index contributed by atoms with van der Waals surface area (Å²) < 4.78 is 1.36. The van der Waals surface area contributed by atoms with Crippen LogP contribution < -0.4 is 10.6 Å². The summed E-state index contributed by atoms with van der Waals surface area (Å²) >= 11 is 0. The van der Waals surface area contributed by atoms with Crippen LogP contribution in [0.15, 0.2) is 36.5 Å². The zero-order valence-electron chi connectivity index (χ0n) is 12.8. The van der Waals surface area contributed by atoms with Gasteiger partial charge in [-0.25, -0.2) is 4.68 Å². The number of benzene rings is 1. The largest absolute Gasteiger partial charge is 0.348 e. The minimum atomic E-state index is -0.466. The van der Waals surface area contributed by atoms with Crippen LogP contribution in [0.25, 0.3) is 5.69 Å². The van der Waals surface area contributed by atoms with Crippen LogP contribution in [0.3, 0.4) is 0 Å². The van der Waals surface area contributed by atoms with Crippen molar-refractivity contribution < 1.29 is 9.72 Å². The van der Waals surface area contributed by atoms with Crippen molar-refractivity contribution in [1.82, 2.24) is 20.4 Å². The van der Waals surface area contributed by atoms with Gasteiger partial charge in [0.05, 0.1) is 4.92 Å². The van der Waals surface area contributed by atoms with Gasteiger partial charge in [0.2, 0.25) is 0 Å². The van der Waals surface area contributed by atoms with E-state index in [4.69, 9.17) is 0 Å². The van der Waals surface area contributed by atoms with E-state index in [0.717, 1.165) is 25.9 Å². The first-order valence-electron chi connectivity index (χ1n) is 7.46. The van der Waals surface area contributed by atoms with Gasteiger partial charge in [-0.3, -0.25) is 14.9 Å². The van der Waals surface area contributed by atoms with E-state index in [1.54, 1.807) is 30.5 Å². The molecule has 2 heterocycles. The smallest absolute Gasteiger partial charge is 0.294 e. The van der Waals surface area contributed by atoms with Crippen molar-refractivity contribution in [3.05, 3.63) is 52.3 Å². The summed E-state index contributed by atoms with van der Waals surface area (Å²) in [4.78, 5) is 22.8. The van der Waals surface area contributed by atoms with Crippen molar-refractivity contribution in [1.29, 1.82) is 0 Å². The monoisotopic (exact) mass is 351 g/mol. The van der Waals surface area contributed by atoms with Crippen molar-refractivity contribution in [3.63, 3.8) is 0 Å². The molecule has 0 aliphatic carbocycles. The van der Waals surface area contributed by atoms with Gasteiger partial charge >= 0.3 is 0 Å². The summed E-state index contributed by atoms with van der Waals surface area (Å²) in [5.41, 5.74) is 0.529. The second-order valence-electron chi connectivity index (χ2n) is 5.39. The van der Waals surface area contributed by atoms with Crippen molar-refractivity contribution in [2.24, 2.45) is 0 Å². The molecule has 1 aromatic carbocycles. The van der Waals surface area contributed by atoms with E-state index >= 15 is 0 Å². The van der Waals surface area contributed by atoms with Gasteiger partial charge in [-0.2, -0.15) is 5.10 Å². The highest BCUT2D eigenvalue weighted by Crippen LogP contribution is 2.21. The highest BCUT2D eigenvalue weighted by molar-refractivity contribution is 5.92. The second-order valence-corrected chi connectivity index (χ2v) is 5.39. The molecule has 1 aliphatic heterocycles. The molecular formula is C15H18ClN5O3. The number of para-hydroxylation sites is 2. The van der Waals surface area contributed by atoms with E-state index in [-0.39, 0.29) is 35.7 Å². The molecule has 0 spiro atoms. The van der Waals surface area contributed by atoms with Gasteiger partial charge in [0.1, 0.15) is 5.69 Å². The average molecular weight is 352 g/mol.